The number of halogens is 1. The Labute approximate surface area is 229 Å². The lowest BCUT2D eigenvalue weighted by atomic mass is 9.83. The lowest BCUT2D eigenvalue weighted by molar-refractivity contribution is 0.117. The van der Waals surface area contributed by atoms with Crippen molar-refractivity contribution in [2.24, 2.45) is 0 Å². The molecule has 1 aliphatic carbocycles. The summed E-state index contributed by atoms with van der Waals surface area (Å²) in [5.41, 5.74) is -0.506. The minimum Gasteiger partial charge on any atom is -0.373 e. The zero-order chi connectivity index (χ0) is 28.1. The summed E-state index contributed by atoms with van der Waals surface area (Å²) in [5, 5.41) is 15.9. The molecule has 206 valence electrons. The number of nitrogens with zero attached hydrogens (tertiary/aromatic N) is 4. The van der Waals surface area contributed by atoms with Crippen LogP contribution in [0.1, 0.15) is 54.1 Å². The van der Waals surface area contributed by atoms with Gasteiger partial charge < -0.3 is 14.6 Å². The maximum atomic E-state index is 16.3. The van der Waals surface area contributed by atoms with Gasteiger partial charge in [-0.05, 0) is 57.0 Å². The summed E-state index contributed by atoms with van der Waals surface area (Å²) in [5.74, 6) is -0.471. The molecule has 6 rings (SSSR count). The fourth-order valence-electron chi connectivity index (χ4n) is 5.49. The van der Waals surface area contributed by atoms with Crippen LogP contribution in [0.3, 0.4) is 0 Å². The van der Waals surface area contributed by atoms with Gasteiger partial charge in [-0.2, -0.15) is 0 Å². The molecule has 5 aromatic rings. The van der Waals surface area contributed by atoms with Gasteiger partial charge in [0.1, 0.15) is 16.8 Å². The predicted molar refractivity (Wildman–Crippen MR) is 146 cm³/mol. The van der Waals surface area contributed by atoms with E-state index in [-0.39, 0.29) is 39.5 Å². The Bertz CT molecular complexity index is 1740. The average molecular weight is 563 g/mol. The number of aliphatic hydroxyl groups is 1. The molecule has 1 aliphatic rings. The molecule has 1 fully saturated rings. The highest BCUT2D eigenvalue weighted by Gasteiger charge is 2.41. The number of aromatic nitrogens is 5. The Kier molecular flexibility index (Phi) is 6.38. The third-order valence-electron chi connectivity index (χ3n) is 7.45. The van der Waals surface area contributed by atoms with Gasteiger partial charge in [0.2, 0.25) is 16.0 Å². The van der Waals surface area contributed by atoms with Crippen molar-refractivity contribution in [3.63, 3.8) is 0 Å². The van der Waals surface area contributed by atoms with Crippen LogP contribution in [0.25, 0.3) is 22.2 Å². The first kappa shape index (κ1) is 26.1. The topological polar surface area (TPSA) is 147 Å². The number of hydrogen-bond acceptors (Lipinski definition) is 8. The number of hydrogen-bond donors (Lipinski definition) is 3. The standard InChI is InChI=1S/C28H27FN6O4S/c1-16-23(17(2)39-34-16)19-15-20(28(36,21-11-5-7-13-30-21)22-12-6-8-14-31-22)25-26(24(19)29)33-27(32-25)35-40(37,38)18-9-3-4-10-18/h5-8,11-15,18,36H,3-4,9-10H2,1-2H3,(H2,32,33,35). The van der Waals surface area contributed by atoms with Crippen molar-refractivity contribution >= 4 is 27.0 Å². The predicted octanol–water partition coefficient (Wildman–Crippen LogP) is 4.73. The van der Waals surface area contributed by atoms with E-state index in [4.69, 9.17) is 4.52 Å². The molecule has 0 amide bonds. The first-order valence-electron chi connectivity index (χ1n) is 12.9. The van der Waals surface area contributed by atoms with E-state index in [0.29, 0.717) is 29.9 Å². The largest absolute Gasteiger partial charge is 0.373 e. The zero-order valence-corrected chi connectivity index (χ0v) is 22.7. The minimum atomic E-state index is -3.77. The molecule has 0 spiro atoms. The molecule has 10 nitrogen and oxygen atoms in total. The molecule has 4 aromatic heterocycles. The molecule has 3 N–H and O–H groups in total. The van der Waals surface area contributed by atoms with E-state index in [1.165, 1.54) is 18.5 Å². The lowest BCUT2D eigenvalue weighted by Gasteiger charge is -2.28. The number of benzene rings is 1. The van der Waals surface area contributed by atoms with E-state index < -0.39 is 26.7 Å². The molecule has 12 heteroatoms. The maximum Gasteiger partial charge on any atom is 0.237 e. The Morgan fingerprint density at radius 2 is 1.73 bits per heavy atom. The number of pyridine rings is 2. The molecule has 0 aliphatic heterocycles. The molecule has 0 radical (unpaired) electrons. The molecule has 4 heterocycles. The molecule has 0 bridgehead atoms. The van der Waals surface area contributed by atoms with Crippen molar-refractivity contribution < 1.29 is 22.4 Å². The summed E-state index contributed by atoms with van der Waals surface area (Å²) in [6.07, 6.45) is 5.81. The average Bonchev–Trinajstić information content (AvgIpc) is 3.71. The fourth-order valence-corrected chi connectivity index (χ4v) is 6.98. The van der Waals surface area contributed by atoms with Gasteiger partial charge in [0.25, 0.3) is 0 Å². The van der Waals surface area contributed by atoms with E-state index in [0.717, 1.165) is 12.8 Å². The van der Waals surface area contributed by atoms with E-state index >= 15 is 4.39 Å². The Balaban J connectivity index is 1.65. The number of sulfonamides is 1. The molecule has 0 unspecified atom stereocenters. The second-order valence-corrected chi connectivity index (χ2v) is 11.9. The lowest BCUT2D eigenvalue weighted by Crippen LogP contribution is -2.31. The highest BCUT2D eigenvalue weighted by Crippen LogP contribution is 2.43. The van der Waals surface area contributed by atoms with Gasteiger partial charge in [-0.1, -0.05) is 30.1 Å². The smallest absolute Gasteiger partial charge is 0.237 e. The first-order chi connectivity index (χ1) is 19.2. The molecular weight excluding hydrogens is 535 g/mol. The number of nitrogens with one attached hydrogen (secondary N) is 2. The molecular formula is C28H27FN6O4S. The van der Waals surface area contributed by atoms with Crippen LogP contribution in [0.15, 0.2) is 59.4 Å². The number of aromatic amines is 1. The van der Waals surface area contributed by atoms with E-state index in [2.05, 4.69) is 29.8 Å². The first-order valence-corrected chi connectivity index (χ1v) is 14.5. The van der Waals surface area contributed by atoms with Crippen LogP contribution in [0.4, 0.5) is 10.3 Å². The monoisotopic (exact) mass is 562 g/mol. The summed E-state index contributed by atoms with van der Waals surface area (Å²) in [6.45, 7) is 3.35. The Hall–Kier alpha value is -4.16. The summed E-state index contributed by atoms with van der Waals surface area (Å²) in [6, 6.07) is 11.6. The van der Waals surface area contributed by atoms with Crippen LogP contribution in [0, 0.1) is 19.7 Å². The van der Waals surface area contributed by atoms with Gasteiger partial charge >= 0.3 is 0 Å². The number of aryl methyl sites for hydroxylation is 2. The van der Waals surface area contributed by atoms with Gasteiger partial charge in [-0.25, -0.2) is 17.8 Å². The number of H-pyrrole nitrogens is 1. The maximum absolute atomic E-state index is 16.3. The zero-order valence-electron chi connectivity index (χ0n) is 21.8. The second kappa shape index (κ2) is 9.79. The van der Waals surface area contributed by atoms with E-state index in [9.17, 15) is 13.5 Å². The molecule has 0 saturated heterocycles. The molecule has 40 heavy (non-hydrogen) atoms. The SMILES string of the molecule is Cc1noc(C)c1-c1cc(C(O)(c2ccccn2)c2ccccn2)c2nc(NS(=O)(=O)C3CCCC3)[nH]c2c1F. The third kappa shape index (κ3) is 4.23. The fraction of sp³-hybridized carbons (Fsp3) is 0.286. The molecule has 1 saturated carbocycles. The van der Waals surface area contributed by atoms with Crippen molar-refractivity contribution in [2.45, 2.75) is 50.4 Å². The normalized spacial score (nSPS) is 14.7. The highest BCUT2D eigenvalue weighted by atomic mass is 32.2. The van der Waals surface area contributed by atoms with Gasteiger partial charge in [0.05, 0.1) is 27.9 Å². The van der Waals surface area contributed by atoms with Crippen molar-refractivity contribution in [1.29, 1.82) is 0 Å². The van der Waals surface area contributed by atoms with Gasteiger partial charge in [-0.15, -0.1) is 0 Å². The van der Waals surface area contributed by atoms with E-state index in [1.807, 2.05) is 0 Å². The third-order valence-corrected chi connectivity index (χ3v) is 9.27. The Morgan fingerprint density at radius 3 is 2.27 bits per heavy atom. The van der Waals surface area contributed by atoms with E-state index in [1.54, 1.807) is 50.2 Å². The number of fused-ring (bicyclic) bond motifs is 1. The molecule has 1 aromatic carbocycles. The molecule has 0 atom stereocenters. The quantitative estimate of drug-likeness (QED) is 0.258. The van der Waals surface area contributed by atoms with Crippen LogP contribution >= 0.6 is 0 Å². The Morgan fingerprint density at radius 1 is 1.07 bits per heavy atom. The van der Waals surface area contributed by atoms with Gasteiger partial charge in [-0.3, -0.25) is 14.7 Å². The minimum absolute atomic E-state index is 0.0240. The number of anilines is 1. The van der Waals surface area contributed by atoms with Crippen molar-refractivity contribution in [1.82, 2.24) is 25.1 Å². The summed E-state index contributed by atoms with van der Waals surface area (Å²) < 4.78 is 50.3. The van der Waals surface area contributed by atoms with Gasteiger partial charge in [0, 0.05) is 23.5 Å². The van der Waals surface area contributed by atoms with Crippen LogP contribution in [0.5, 0.6) is 0 Å². The van der Waals surface area contributed by atoms with Crippen LogP contribution in [0.2, 0.25) is 0 Å². The van der Waals surface area contributed by atoms with Crippen molar-refractivity contribution in [3.05, 3.63) is 89.1 Å². The van der Waals surface area contributed by atoms with Crippen LogP contribution < -0.4 is 4.72 Å². The number of imidazole rings is 1. The van der Waals surface area contributed by atoms with Crippen molar-refractivity contribution in [3.8, 4) is 11.1 Å². The number of rotatable bonds is 7. The van der Waals surface area contributed by atoms with Gasteiger partial charge in [0.15, 0.2) is 11.4 Å². The van der Waals surface area contributed by atoms with Crippen LogP contribution in [-0.2, 0) is 15.6 Å². The van der Waals surface area contributed by atoms with Crippen LogP contribution in [-0.4, -0.2) is 43.9 Å². The highest BCUT2D eigenvalue weighted by molar-refractivity contribution is 7.93. The second-order valence-electron chi connectivity index (χ2n) is 9.99. The summed E-state index contributed by atoms with van der Waals surface area (Å²) in [4.78, 5) is 16.1. The summed E-state index contributed by atoms with van der Waals surface area (Å²) >= 11 is 0. The summed E-state index contributed by atoms with van der Waals surface area (Å²) in [7, 11) is -3.77. The van der Waals surface area contributed by atoms with Crippen molar-refractivity contribution in [2.75, 3.05) is 4.72 Å².